The summed E-state index contributed by atoms with van der Waals surface area (Å²) in [6.07, 6.45) is 2.35. The van der Waals surface area contributed by atoms with Crippen LogP contribution in [-0.2, 0) is 6.42 Å². The van der Waals surface area contributed by atoms with Gasteiger partial charge in [-0.3, -0.25) is 0 Å². The number of thioether (sulfide) groups is 1. The first-order valence-electron chi connectivity index (χ1n) is 6.28. The van der Waals surface area contributed by atoms with Gasteiger partial charge in [-0.15, -0.1) is 0 Å². The van der Waals surface area contributed by atoms with E-state index in [0.29, 0.717) is 0 Å². The molecule has 0 radical (unpaired) electrons. The number of hydrogen-bond donors (Lipinski definition) is 1. The quantitative estimate of drug-likeness (QED) is 0.684. The van der Waals surface area contributed by atoms with Crippen LogP contribution in [0.4, 0.5) is 0 Å². The van der Waals surface area contributed by atoms with Gasteiger partial charge >= 0.3 is 0 Å². The van der Waals surface area contributed by atoms with Gasteiger partial charge in [-0.25, -0.2) is 0 Å². The van der Waals surface area contributed by atoms with Crippen molar-refractivity contribution < 1.29 is 4.74 Å². The third-order valence-corrected chi connectivity index (χ3v) is 3.58. The molecule has 96 valence electrons. The highest BCUT2D eigenvalue weighted by atomic mass is 32.2. The van der Waals surface area contributed by atoms with Crippen LogP contribution in [0.5, 0.6) is 5.75 Å². The van der Waals surface area contributed by atoms with E-state index in [1.807, 2.05) is 23.9 Å². The molecule has 0 spiro atoms. The largest absolute Gasteiger partial charge is 0.497 e. The molecule has 0 aliphatic heterocycles. The fourth-order valence-electron chi connectivity index (χ4n) is 1.59. The molecule has 0 aliphatic rings. The highest BCUT2D eigenvalue weighted by Crippen LogP contribution is 2.11. The lowest BCUT2D eigenvalue weighted by Crippen LogP contribution is -2.18. The molecule has 0 saturated heterocycles. The SMILES string of the molecule is CCSCCCNCCc1ccc(OC)cc1. The Bertz CT molecular complexity index is 287. The van der Waals surface area contributed by atoms with Gasteiger partial charge in [0.15, 0.2) is 0 Å². The standard InChI is InChI=1S/C14H23NOS/c1-3-17-12-4-10-15-11-9-13-5-7-14(16-2)8-6-13/h5-8,15H,3-4,9-12H2,1-2H3. The van der Waals surface area contributed by atoms with E-state index in [9.17, 15) is 0 Å². The molecule has 0 bridgehead atoms. The van der Waals surface area contributed by atoms with E-state index in [4.69, 9.17) is 4.74 Å². The average Bonchev–Trinajstić information content (AvgIpc) is 2.38. The minimum absolute atomic E-state index is 0.929. The summed E-state index contributed by atoms with van der Waals surface area (Å²) >= 11 is 2.01. The summed E-state index contributed by atoms with van der Waals surface area (Å²) in [4.78, 5) is 0. The second-order valence-corrected chi connectivity index (χ2v) is 5.29. The van der Waals surface area contributed by atoms with Crippen molar-refractivity contribution >= 4 is 11.8 Å². The maximum Gasteiger partial charge on any atom is 0.118 e. The van der Waals surface area contributed by atoms with Gasteiger partial charge in [0.25, 0.3) is 0 Å². The van der Waals surface area contributed by atoms with Crippen LogP contribution in [0, 0.1) is 0 Å². The lowest BCUT2D eigenvalue weighted by molar-refractivity contribution is 0.414. The van der Waals surface area contributed by atoms with Gasteiger partial charge in [-0.05, 0) is 55.1 Å². The van der Waals surface area contributed by atoms with Crippen molar-refractivity contribution in [1.29, 1.82) is 0 Å². The van der Waals surface area contributed by atoms with Crippen molar-refractivity contribution in [3.05, 3.63) is 29.8 Å². The molecule has 3 heteroatoms. The first kappa shape index (κ1) is 14.4. The van der Waals surface area contributed by atoms with Crippen molar-refractivity contribution in [3.63, 3.8) is 0 Å². The fourth-order valence-corrected chi connectivity index (χ4v) is 2.23. The van der Waals surface area contributed by atoms with Gasteiger partial charge in [-0.1, -0.05) is 19.1 Å². The van der Waals surface area contributed by atoms with E-state index in [0.717, 1.165) is 25.3 Å². The van der Waals surface area contributed by atoms with Crippen LogP contribution in [0.25, 0.3) is 0 Å². The summed E-state index contributed by atoms with van der Waals surface area (Å²) < 4.78 is 5.13. The molecule has 17 heavy (non-hydrogen) atoms. The summed E-state index contributed by atoms with van der Waals surface area (Å²) in [6.45, 7) is 4.40. The molecule has 1 aromatic rings. The summed E-state index contributed by atoms with van der Waals surface area (Å²) in [6, 6.07) is 8.31. The van der Waals surface area contributed by atoms with Crippen LogP contribution in [0.3, 0.4) is 0 Å². The molecule has 0 aromatic heterocycles. The summed E-state index contributed by atoms with van der Waals surface area (Å²) in [5.41, 5.74) is 1.36. The van der Waals surface area contributed by atoms with Gasteiger partial charge in [0.2, 0.25) is 0 Å². The number of ether oxygens (including phenoxy) is 1. The van der Waals surface area contributed by atoms with Gasteiger partial charge < -0.3 is 10.1 Å². The Labute approximate surface area is 109 Å². The third-order valence-electron chi connectivity index (χ3n) is 2.60. The Morgan fingerprint density at radius 2 is 1.94 bits per heavy atom. The summed E-state index contributed by atoms with van der Waals surface area (Å²) in [5, 5.41) is 3.48. The molecule has 0 heterocycles. The monoisotopic (exact) mass is 253 g/mol. The number of rotatable bonds is 9. The van der Waals surface area contributed by atoms with Gasteiger partial charge in [-0.2, -0.15) is 11.8 Å². The highest BCUT2D eigenvalue weighted by Gasteiger charge is 1.94. The Morgan fingerprint density at radius 1 is 1.18 bits per heavy atom. The second-order valence-electron chi connectivity index (χ2n) is 3.90. The lowest BCUT2D eigenvalue weighted by atomic mass is 10.1. The minimum atomic E-state index is 0.929. The normalized spacial score (nSPS) is 10.5. The van der Waals surface area contributed by atoms with Crippen LogP contribution in [0.1, 0.15) is 18.9 Å². The molecule has 0 aliphatic carbocycles. The lowest BCUT2D eigenvalue weighted by Gasteiger charge is -2.05. The predicted molar refractivity (Wildman–Crippen MR) is 77.2 cm³/mol. The van der Waals surface area contributed by atoms with Crippen LogP contribution in [-0.4, -0.2) is 31.7 Å². The number of nitrogens with one attached hydrogen (secondary N) is 1. The number of benzene rings is 1. The summed E-state index contributed by atoms with van der Waals surface area (Å²) in [7, 11) is 1.70. The molecule has 0 unspecified atom stereocenters. The van der Waals surface area contributed by atoms with Crippen molar-refractivity contribution in [2.75, 3.05) is 31.7 Å². The number of hydrogen-bond acceptors (Lipinski definition) is 3. The van der Waals surface area contributed by atoms with Crippen molar-refractivity contribution in [1.82, 2.24) is 5.32 Å². The van der Waals surface area contributed by atoms with Crippen molar-refractivity contribution in [2.45, 2.75) is 19.8 Å². The molecule has 0 atom stereocenters. The van der Waals surface area contributed by atoms with Crippen LogP contribution >= 0.6 is 11.8 Å². The van der Waals surface area contributed by atoms with E-state index >= 15 is 0 Å². The molecule has 1 N–H and O–H groups in total. The molecular weight excluding hydrogens is 230 g/mol. The second kappa shape index (κ2) is 9.37. The van der Waals surface area contributed by atoms with E-state index < -0.39 is 0 Å². The van der Waals surface area contributed by atoms with E-state index in [2.05, 4.69) is 24.4 Å². The Balaban J connectivity index is 2.05. The van der Waals surface area contributed by atoms with Crippen LogP contribution in [0.15, 0.2) is 24.3 Å². The molecule has 0 saturated carbocycles. The van der Waals surface area contributed by atoms with Crippen LogP contribution < -0.4 is 10.1 Å². The average molecular weight is 253 g/mol. The highest BCUT2D eigenvalue weighted by molar-refractivity contribution is 7.99. The molecule has 1 aromatic carbocycles. The zero-order valence-corrected chi connectivity index (χ0v) is 11.7. The molecule has 2 nitrogen and oxygen atoms in total. The van der Waals surface area contributed by atoms with E-state index in [1.54, 1.807) is 7.11 Å². The molecule has 0 fully saturated rings. The first-order chi connectivity index (χ1) is 8.36. The van der Waals surface area contributed by atoms with Crippen molar-refractivity contribution in [3.8, 4) is 5.75 Å². The topological polar surface area (TPSA) is 21.3 Å². The van der Waals surface area contributed by atoms with Gasteiger partial charge in [0.05, 0.1) is 7.11 Å². The van der Waals surface area contributed by atoms with Crippen molar-refractivity contribution in [2.24, 2.45) is 0 Å². The Kier molecular flexibility index (Phi) is 7.93. The Hall–Kier alpha value is -0.670. The first-order valence-corrected chi connectivity index (χ1v) is 7.43. The molecule has 0 amide bonds. The third kappa shape index (κ3) is 6.59. The van der Waals surface area contributed by atoms with E-state index in [-0.39, 0.29) is 0 Å². The maximum absolute atomic E-state index is 5.13. The zero-order valence-electron chi connectivity index (χ0n) is 10.9. The minimum Gasteiger partial charge on any atom is -0.497 e. The van der Waals surface area contributed by atoms with Gasteiger partial charge in [0, 0.05) is 0 Å². The zero-order chi connectivity index (χ0) is 12.3. The number of methoxy groups -OCH3 is 1. The van der Waals surface area contributed by atoms with Gasteiger partial charge in [0.1, 0.15) is 5.75 Å². The summed E-state index contributed by atoms with van der Waals surface area (Å²) in [5.74, 6) is 3.43. The van der Waals surface area contributed by atoms with E-state index in [1.165, 1.54) is 23.5 Å². The molecular formula is C14H23NOS. The molecule has 1 rings (SSSR count). The fraction of sp³-hybridized carbons (Fsp3) is 0.571. The maximum atomic E-state index is 5.13. The Morgan fingerprint density at radius 3 is 2.59 bits per heavy atom. The smallest absolute Gasteiger partial charge is 0.118 e. The predicted octanol–water partition coefficient (Wildman–Crippen LogP) is 2.97. The van der Waals surface area contributed by atoms with Crippen LogP contribution in [0.2, 0.25) is 0 Å².